The van der Waals surface area contributed by atoms with Crippen molar-refractivity contribution >= 4 is 11.8 Å². The molecule has 156 valence electrons. The summed E-state index contributed by atoms with van der Waals surface area (Å²) in [6, 6.07) is 9.67. The van der Waals surface area contributed by atoms with E-state index in [1.807, 2.05) is 0 Å². The fraction of sp³-hybridized carbons (Fsp3) is 0.450. The molecule has 2 aromatic rings. The number of alkyl halides is 3. The molecule has 1 aromatic carbocycles. The molecule has 0 saturated heterocycles. The minimum Gasteiger partial charge on any atom is -0.481 e. The molecule has 0 bridgehead atoms. The quantitative estimate of drug-likeness (QED) is 0.701. The Balaban J connectivity index is 1.87. The van der Waals surface area contributed by atoms with Crippen LogP contribution in [0.25, 0.3) is 0 Å². The van der Waals surface area contributed by atoms with Gasteiger partial charge in [0.15, 0.2) is 5.82 Å². The molecule has 0 atom stereocenters. The van der Waals surface area contributed by atoms with Crippen molar-refractivity contribution in [1.82, 2.24) is 10.2 Å². The summed E-state index contributed by atoms with van der Waals surface area (Å²) in [6.45, 7) is 0.0134. The van der Waals surface area contributed by atoms with Gasteiger partial charge in [0.2, 0.25) is 5.88 Å². The molecule has 0 unspecified atom stereocenters. The third kappa shape index (κ3) is 5.58. The topological polar surface area (TPSA) is 75.5 Å². The maximum Gasteiger partial charge on any atom is 0.421 e. The molecule has 6 nitrogen and oxygen atoms in total. The number of benzene rings is 1. The van der Waals surface area contributed by atoms with E-state index in [0.29, 0.717) is 5.56 Å². The molecule has 0 amide bonds. The molecule has 1 aromatic heterocycles. The number of aromatic nitrogens is 2. The Morgan fingerprint density at radius 2 is 1.86 bits per heavy atom. The van der Waals surface area contributed by atoms with Crippen molar-refractivity contribution in [2.75, 3.05) is 11.4 Å². The van der Waals surface area contributed by atoms with Gasteiger partial charge in [-0.05, 0) is 18.4 Å². The van der Waals surface area contributed by atoms with Crippen LogP contribution >= 0.6 is 0 Å². The van der Waals surface area contributed by atoms with E-state index in [4.69, 9.17) is 9.84 Å². The highest BCUT2D eigenvalue weighted by Crippen LogP contribution is 2.38. The number of nitrogens with zero attached hydrogens (tertiary/aromatic N) is 3. The number of ether oxygens (including phenoxy) is 1. The van der Waals surface area contributed by atoms with Gasteiger partial charge in [0.1, 0.15) is 12.2 Å². The van der Waals surface area contributed by atoms with Gasteiger partial charge in [0.25, 0.3) is 0 Å². The number of carboxylic acid groups (broad SMARTS) is 1. The monoisotopic (exact) mass is 409 g/mol. The van der Waals surface area contributed by atoms with Crippen molar-refractivity contribution in [3.8, 4) is 5.88 Å². The SMILES string of the molecule is O=C(O)CCN(c1cc(C(F)(F)F)c(OCc2ccccc2)nn1)C1CCCC1. The van der Waals surface area contributed by atoms with Crippen LogP contribution in [0.5, 0.6) is 5.88 Å². The predicted molar refractivity (Wildman–Crippen MR) is 99.7 cm³/mol. The largest absolute Gasteiger partial charge is 0.481 e. The van der Waals surface area contributed by atoms with Gasteiger partial charge in [-0.25, -0.2) is 0 Å². The van der Waals surface area contributed by atoms with Crippen molar-refractivity contribution in [1.29, 1.82) is 0 Å². The molecule has 0 radical (unpaired) electrons. The molecule has 0 aliphatic heterocycles. The summed E-state index contributed by atoms with van der Waals surface area (Å²) in [5.74, 6) is -1.58. The third-order valence-electron chi connectivity index (χ3n) is 4.90. The van der Waals surface area contributed by atoms with Gasteiger partial charge in [-0.2, -0.15) is 13.2 Å². The second kappa shape index (κ2) is 9.11. The third-order valence-corrected chi connectivity index (χ3v) is 4.90. The van der Waals surface area contributed by atoms with Crippen LogP contribution in [-0.2, 0) is 17.6 Å². The maximum atomic E-state index is 13.6. The molecule has 1 fully saturated rings. The lowest BCUT2D eigenvalue weighted by atomic mass is 10.2. The second-order valence-electron chi connectivity index (χ2n) is 6.97. The van der Waals surface area contributed by atoms with E-state index in [0.717, 1.165) is 31.7 Å². The van der Waals surface area contributed by atoms with E-state index in [9.17, 15) is 18.0 Å². The summed E-state index contributed by atoms with van der Waals surface area (Å²) in [5.41, 5.74) is -0.308. The van der Waals surface area contributed by atoms with Crippen LogP contribution in [0.15, 0.2) is 36.4 Å². The number of carbonyl (C=O) groups is 1. The molecule has 1 saturated carbocycles. The van der Waals surface area contributed by atoms with Crippen LogP contribution in [0.4, 0.5) is 19.0 Å². The van der Waals surface area contributed by atoms with Gasteiger partial charge in [-0.3, -0.25) is 4.79 Å². The van der Waals surface area contributed by atoms with E-state index in [2.05, 4.69) is 10.2 Å². The standard InChI is InChI=1S/C20H22F3N3O3/c21-20(22,23)16-12-17(26(11-10-18(27)28)15-8-4-5-9-15)24-25-19(16)29-13-14-6-2-1-3-7-14/h1-3,6-7,12,15H,4-5,8-11,13H2,(H,27,28). The van der Waals surface area contributed by atoms with E-state index >= 15 is 0 Å². The first kappa shape index (κ1) is 20.9. The fourth-order valence-corrected chi connectivity index (χ4v) is 3.46. The van der Waals surface area contributed by atoms with Crippen LogP contribution in [0.2, 0.25) is 0 Å². The molecule has 1 heterocycles. The van der Waals surface area contributed by atoms with Crippen LogP contribution in [0.1, 0.15) is 43.2 Å². The van der Waals surface area contributed by atoms with Crippen molar-refractivity contribution in [3.63, 3.8) is 0 Å². The highest BCUT2D eigenvalue weighted by atomic mass is 19.4. The summed E-state index contributed by atoms with van der Waals surface area (Å²) < 4.78 is 46.2. The van der Waals surface area contributed by atoms with Gasteiger partial charge in [-0.15, -0.1) is 10.2 Å². The lowest BCUT2D eigenvalue weighted by Crippen LogP contribution is -2.36. The van der Waals surface area contributed by atoms with E-state index < -0.39 is 23.6 Å². The predicted octanol–water partition coefficient (Wildman–Crippen LogP) is 4.30. The molecule has 3 rings (SSSR count). The average Bonchev–Trinajstić information content (AvgIpc) is 3.21. The Hall–Kier alpha value is -2.84. The molecule has 1 aliphatic carbocycles. The van der Waals surface area contributed by atoms with Gasteiger partial charge < -0.3 is 14.7 Å². The fourth-order valence-electron chi connectivity index (χ4n) is 3.46. The minimum atomic E-state index is -4.68. The molecular weight excluding hydrogens is 387 g/mol. The highest BCUT2D eigenvalue weighted by molar-refractivity contribution is 5.67. The maximum absolute atomic E-state index is 13.6. The number of rotatable bonds is 8. The van der Waals surface area contributed by atoms with Crippen LogP contribution in [0, 0.1) is 0 Å². The lowest BCUT2D eigenvalue weighted by molar-refractivity contribution is -0.139. The van der Waals surface area contributed by atoms with Gasteiger partial charge in [0.05, 0.1) is 6.42 Å². The van der Waals surface area contributed by atoms with Crippen molar-refractivity contribution in [2.45, 2.75) is 50.9 Å². The van der Waals surface area contributed by atoms with Crippen molar-refractivity contribution in [2.24, 2.45) is 0 Å². The van der Waals surface area contributed by atoms with Crippen molar-refractivity contribution < 1.29 is 27.8 Å². The molecular formula is C20H22F3N3O3. The number of halogens is 3. The Morgan fingerprint density at radius 3 is 2.48 bits per heavy atom. The first-order valence-corrected chi connectivity index (χ1v) is 9.44. The Kier molecular flexibility index (Phi) is 6.56. The summed E-state index contributed by atoms with van der Waals surface area (Å²) in [7, 11) is 0. The zero-order valence-electron chi connectivity index (χ0n) is 15.7. The van der Waals surface area contributed by atoms with Crippen molar-refractivity contribution in [3.05, 3.63) is 47.5 Å². The average molecular weight is 409 g/mol. The lowest BCUT2D eigenvalue weighted by Gasteiger charge is -2.29. The first-order chi connectivity index (χ1) is 13.8. The molecule has 9 heteroatoms. The smallest absolute Gasteiger partial charge is 0.421 e. The summed E-state index contributed by atoms with van der Waals surface area (Å²) >= 11 is 0. The summed E-state index contributed by atoms with van der Waals surface area (Å²) in [6.07, 6.45) is -1.39. The van der Waals surface area contributed by atoms with Gasteiger partial charge in [-0.1, -0.05) is 43.2 Å². The van der Waals surface area contributed by atoms with Crippen LogP contribution in [0.3, 0.4) is 0 Å². The highest BCUT2D eigenvalue weighted by Gasteiger charge is 2.37. The Morgan fingerprint density at radius 1 is 1.17 bits per heavy atom. The summed E-state index contributed by atoms with van der Waals surface area (Å²) in [5, 5.41) is 16.6. The van der Waals surface area contributed by atoms with Crippen LogP contribution in [-0.4, -0.2) is 33.9 Å². The zero-order chi connectivity index (χ0) is 20.9. The molecule has 1 N–H and O–H groups in total. The number of carboxylic acids is 1. The second-order valence-corrected chi connectivity index (χ2v) is 6.97. The Bertz CT molecular complexity index is 825. The normalized spacial score (nSPS) is 14.7. The minimum absolute atomic E-state index is 0.0255. The summed E-state index contributed by atoms with van der Waals surface area (Å²) in [4.78, 5) is 12.6. The van der Waals surface area contributed by atoms with E-state index in [-0.39, 0.29) is 31.4 Å². The molecule has 1 aliphatic rings. The number of hydrogen-bond acceptors (Lipinski definition) is 5. The van der Waals surface area contributed by atoms with Gasteiger partial charge >= 0.3 is 12.1 Å². The van der Waals surface area contributed by atoms with E-state index in [1.165, 1.54) is 0 Å². The van der Waals surface area contributed by atoms with Gasteiger partial charge in [0, 0.05) is 18.7 Å². The number of aliphatic carboxylic acids is 1. The number of anilines is 1. The molecule has 29 heavy (non-hydrogen) atoms. The van der Waals surface area contributed by atoms with E-state index in [1.54, 1.807) is 35.2 Å². The number of hydrogen-bond donors (Lipinski definition) is 1. The molecule has 0 spiro atoms. The van der Waals surface area contributed by atoms with Crippen LogP contribution < -0.4 is 9.64 Å². The first-order valence-electron chi connectivity index (χ1n) is 9.44. The Labute approximate surface area is 166 Å². The zero-order valence-corrected chi connectivity index (χ0v) is 15.7.